The molecule has 0 bridgehead atoms. The van der Waals surface area contributed by atoms with Crippen molar-refractivity contribution in [2.24, 2.45) is 0 Å². The van der Waals surface area contributed by atoms with Crippen molar-refractivity contribution in [3.05, 3.63) is 28.2 Å². The van der Waals surface area contributed by atoms with Crippen LogP contribution in [-0.2, 0) is 9.53 Å². The van der Waals surface area contributed by atoms with Gasteiger partial charge in [0.05, 0.1) is 22.9 Å². The number of thioether (sulfide) groups is 2. The number of halogens is 2. The number of carbonyl (C=O) groups is 1. The molecule has 2 atom stereocenters. The molecule has 0 amide bonds. The molecule has 0 unspecified atom stereocenters. The van der Waals surface area contributed by atoms with Crippen LogP contribution in [0.1, 0.15) is 25.7 Å². The van der Waals surface area contributed by atoms with Crippen LogP contribution in [0.15, 0.2) is 23.1 Å². The van der Waals surface area contributed by atoms with Crippen molar-refractivity contribution in [2.75, 3.05) is 12.9 Å². The van der Waals surface area contributed by atoms with Crippen molar-refractivity contribution in [1.29, 1.82) is 0 Å². The Labute approximate surface area is 144 Å². The molecule has 2 rings (SSSR count). The van der Waals surface area contributed by atoms with E-state index in [2.05, 4.69) is 0 Å². The van der Waals surface area contributed by atoms with E-state index in [9.17, 15) is 4.79 Å². The summed E-state index contributed by atoms with van der Waals surface area (Å²) in [7, 11) is 1.44. The summed E-state index contributed by atoms with van der Waals surface area (Å²) in [5.41, 5.74) is 0. The third-order valence-electron chi connectivity index (χ3n) is 3.46. The second-order valence-corrected chi connectivity index (χ2v) is 8.30. The highest BCUT2D eigenvalue weighted by atomic mass is 35.5. The summed E-state index contributed by atoms with van der Waals surface area (Å²) in [5, 5.41) is 2.17. The molecule has 1 fully saturated rings. The van der Waals surface area contributed by atoms with Crippen molar-refractivity contribution in [3.63, 3.8) is 0 Å². The summed E-state index contributed by atoms with van der Waals surface area (Å²) in [5.74, 6) is 0.281. The topological polar surface area (TPSA) is 26.3 Å². The first-order valence-corrected chi connectivity index (χ1v) is 9.58. The zero-order valence-electron chi connectivity index (χ0n) is 11.8. The summed E-state index contributed by atoms with van der Waals surface area (Å²) in [6.45, 7) is 0. The molecule has 1 aliphatic carbocycles. The fourth-order valence-corrected chi connectivity index (χ4v) is 5.52. The lowest BCUT2D eigenvalue weighted by Gasteiger charge is -2.30. The highest BCUT2D eigenvalue weighted by Crippen LogP contribution is 2.40. The molecule has 1 aromatic carbocycles. The largest absolute Gasteiger partial charge is 0.468 e. The first-order chi connectivity index (χ1) is 10.1. The number of esters is 1. The average molecular weight is 365 g/mol. The van der Waals surface area contributed by atoms with Crippen LogP contribution in [0.2, 0.25) is 10.0 Å². The molecule has 0 spiro atoms. The summed E-state index contributed by atoms with van der Waals surface area (Å²) in [6, 6.07) is 5.77. The van der Waals surface area contributed by atoms with Crippen LogP contribution in [-0.4, -0.2) is 29.3 Å². The van der Waals surface area contributed by atoms with E-state index in [1.807, 2.05) is 30.0 Å². The smallest absolute Gasteiger partial charge is 0.315 e. The minimum absolute atomic E-state index is 0.149. The molecule has 1 aliphatic rings. The first-order valence-electron chi connectivity index (χ1n) is 6.90. The Hall–Kier alpha value is -0.0300. The lowest BCUT2D eigenvalue weighted by Crippen LogP contribution is -2.25. The van der Waals surface area contributed by atoms with E-state index in [0.717, 1.165) is 11.3 Å². The maximum Gasteiger partial charge on any atom is 0.315 e. The Kier molecular flexibility index (Phi) is 7.06. The zero-order chi connectivity index (χ0) is 15.2. The molecule has 0 saturated heterocycles. The second-order valence-electron chi connectivity index (χ2n) is 4.94. The Morgan fingerprint density at radius 2 is 1.95 bits per heavy atom. The van der Waals surface area contributed by atoms with Gasteiger partial charge in [-0.05, 0) is 31.0 Å². The van der Waals surface area contributed by atoms with Crippen LogP contribution < -0.4 is 0 Å². The fourth-order valence-electron chi connectivity index (χ4n) is 2.35. The normalized spacial score (nSPS) is 22.0. The van der Waals surface area contributed by atoms with E-state index in [4.69, 9.17) is 27.9 Å². The number of hydrogen-bond acceptors (Lipinski definition) is 4. The Bertz CT molecular complexity index is 497. The number of ether oxygens (including phenoxy) is 1. The van der Waals surface area contributed by atoms with Gasteiger partial charge >= 0.3 is 5.97 Å². The molecule has 1 aromatic rings. The average Bonchev–Trinajstić information content (AvgIpc) is 2.49. The lowest BCUT2D eigenvalue weighted by molar-refractivity contribution is -0.137. The molecular formula is C15H18Cl2O2S2. The maximum absolute atomic E-state index is 11.3. The van der Waals surface area contributed by atoms with Crippen molar-refractivity contribution >= 4 is 52.7 Å². The molecule has 0 aliphatic heterocycles. The van der Waals surface area contributed by atoms with Gasteiger partial charge < -0.3 is 4.74 Å². The van der Waals surface area contributed by atoms with Crippen LogP contribution in [0, 0.1) is 0 Å². The standard InChI is InChI=1S/C15H18Cl2O2S2/c1-19-15(18)9-20-13-4-2-3-5-14(13)21-10-6-7-11(16)12(17)8-10/h6-8,13-14H,2-5,9H2,1H3/t13-,14-/m1/s1. The van der Waals surface area contributed by atoms with Gasteiger partial charge in [-0.1, -0.05) is 36.0 Å². The second kappa shape index (κ2) is 8.56. The van der Waals surface area contributed by atoms with Crippen LogP contribution in [0.3, 0.4) is 0 Å². The van der Waals surface area contributed by atoms with Gasteiger partial charge in [-0.15, -0.1) is 23.5 Å². The van der Waals surface area contributed by atoms with E-state index >= 15 is 0 Å². The third kappa shape index (κ3) is 5.27. The number of methoxy groups -OCH3 is 1. The molecule has 2 nitrogen and oxygen atoms in total. The van der Waals surface area contributed by atoms with Crippen molar-refractivity contribution < 1.29 is 9.53 Å². The van der Waals surface area contributed by atoms with Crippen molar-refractivity contribution in [1.82, 2.24) is 0 Å². The lowest BCUT2D eigenvalue weighted by atomic mass is 10.00. The minimum atomic E-state index is -0.149. The first kappa shape index (κ1) is 17.3. The third-order valence-corrected chi connectivity index (χ3v) is 7.16. The predicted octanol–water partition coefficient (Wildman–Crippen LogP) is 5.30. The Morgan fingerprint density at radius 1 is 1.24 bits per heavy atom. The number of benzene rings is 1. The number of hydrogen-bond donors (Lipinski definition) is 0. The molecule has 6 heteroatoms. The summed E-state index contributed by atoms with van der Waals surface area (Å²) in [4.78, 5) is 12.5. The van der Waals surface area contributed by atoms with Crippen LogP contribution in [0.5, 0.6) is 0 Å². The van der Waals surface area contributed by atoms with E-state index in [0.29, 0.717) is 26.3 Å². The highest BCUT2D eigenvalue weighted by molar-refractivity contribution is 8.04. The molecule has 0 N–H and O–H groups in total. The van der Waals surface area contributed by atoms with Crippen LogP contribution >= 0.6 is 46.7 Å². The summed E-state index contributed by atoms with van der Waals surface area (Å²) >= 11 is 15.6. The number of rotatable bonds is 5. The van der Waals surface area contributed by atoms with Crippen molar-refractivity contribution in [2.45, 2.75) is 41.1 Å². The Balaban J connectivity index is 1.97. The molecule has 0 aromatic heterocycles. The summed E-state index contributed by atoms with van der Waals surface area (Å²) in [6.07, 6.45) is 4.80. The Morgan fingerprint density at radius 3 is 2.62 bits per heavy atom. The van der Waals surface area contributed by atoms with E-state index < -0.39 is 0 Å². The summed E-state index contributed by atoms with van der Waals surface area (Å²) < 4.78 is 4.73. The van der Waals surface area contributed by atoms with Crippen LogP contribution in [0.4, 0.5) is 0 Å². The van der Waals surface area contributed by atoms with E-state index in [1.54, 1.807) is 11.8 Å². The zero-order valence-corrected chi connectivity index (χ0v) is 15.0. The molecule has 0 radical (unpaired) electrons. The van der Waals surface area contributed by atoms with Gasteiger partial charge in [-0.25, -0.2) is 0 Å². The van der Waals surface area contributed by atoms with Gasteiger partial charge in [-0.3, -0.25) is 4.79 Å². The van der Waals surface area contributed by atoms with Gasteiger partial charge in [0.1, 0.15) is 0 Å². The monoisotopic (exact) mass is 364 g/mol. The SMILES string of the molecule is COC(=O)CS[C@@H]1CCCC[C@H]1Sc1ccc(Cl)c(Cl)c1. The van der Waals surface area contributed by atoms with Crippen molar-refractivity contribution in [3.8, 4) is 0 Å². The molecule has 1 saturated carbocycles. The maximum atomic E-state index is 11.3. The van der Waals surface area contributed by atoms with E-state index in [-0.39, 0.29) is 5.97 Å². The molecule has 116 valence electrons. The number of carbonyl (C=O) groups excluding carboxylic acids is 1. The highest BCUT2D eigenvalue weighted by Gasteiger charge is 2.27. The molecular weight excluding hydrogens is 347 g/mol. The predicted molar refractivity (Wildman–Crippen MR) is 92.8 cm³/mol. The molecule has 21 heavy (non-hydrogen) atoms. The van der Waals surface area contributed by atoms with Gasteiger partial charge in [0.2, 0.25) is 0 Å². The van der Waals surface area contributed by atoms with Gasteiger partial charge in [0, 0.05) is 15.4 Å². The van der Waals surface area contributed by atoms with Gasteiger partial charge in [0.25, 0.3) is 0 Å². The fraction of sp³-hybridized carbons (Fsp3) is 0.533. The minimum Gasteiger partial charge on any atom is -0.468 e. The van der Waals surface area contributed by atoms with Crippen LogP contribution in [0.25, 0.3) is 0 Å². The van der Waals surface area contributed by atoms with E-state index in [1.165, 1.54) is 26.4 Å². The van der Waals surface area contributed by atoms with Gasteiger partial charge in [-0.2, -0.15) is 0 Å². The quantitative estimate of drug-likeness (QED) is 0.661. The molecule has 0 heterocycles. The van der Waals surface area contributed by atoms with Gasteiger partial charge in [0.15, 0.2) is 0 Å².